The van der Waals surface area contributed by atoms with Crippen LogP contribution in [0.15, 0.2) is 36.9 Å². The Hall–Kier alpha value is -1.90. The van der Waals surface area contributed by atoms with Gasteiger partial charge in [-0.3, -0.25) is 9.59 Å². The quantitative estimate of drug-likeness (QED) is 0.625. The predicted molar refractivity (Wildman–Crippen MR) is 69.1 cm³/mol. The number of Topliss-reactive ketones (excluding diaryl/α,β-unsaturated/α-hetero) is 1. The van der Waals surface area contributed by atoms with Gasteiger partial charge in [0.1, 0.15) is 0 Å². The van der Waals surface area contributed by atoms with Gasteiger partial charge in [0, 0.05) is 17.2 Å². The van der Waals surface area contributed by atoms with E-state index in [-0.39, 0.29) is 17.6 Å². The average molecular weight is 231 g/mol. The number of carbonyl (C=O) groups is 2. The molecule has 3 heteroatoms. The first-order chi connectivity index (χ1) is 8.08. The standard InChI is InChI=1S/C14H17NO2/c1-4-10(3)14(17)11-6-8-12(9-7-11)15-13(16)5-2/h5-10H,2,4H2,1,3H3,(H,15,16)/t10-/m0/s1. The highest BCUT2D eigenvalue weighted by molar-refractivity contribution is 6.00. The van der Waals surface area contributed by atoms with Crippen molar-refractivity contribution >= 4 is 17.4 Å². The zero-order chi connectivity index (χ0) is 12.8. The minimum absolute atomic E-state index is 0.0311. The molecular weight excluding hydrogens is 214 g/mol. The molecule has 0 unspecified atom stereocenters. The van der Waals surface area contributed by atoms with Gasteiger partial charge in [0.25, 0.3) is 0 Å². The fourth-order valence-corrected chi connectivity index (χ4v) is 1.38. The van der Waals surface area contributed by atoms with E-state index in [0.29, 0.717) is 11.3 Å². The molecule has 90 valence electrons. The van der Waals surface area contributed by atoms with Crippen LogP contribution in [0.5, 0.6) is 0 Å². The summed E-state index contributed by atoms with van der Waals surface area (Å²) in [6, 6.07) is 6.90. The Morgan fingerprint density at radius 1 is 1.35 bits per heavy atom. The summed E-state index contributed by atoms with van der Waals surface area (Å²) in [6.45, 7) is 7.27. The monoisotopic (exact) mass is 231 g/mol. The van der Waals surface area contributed by atoms with Crippen molar-refractivity contribution in [2.45, 2.75) is 20.3 Å². The van der Waals surface area contributed by atoms with E-state index in [0.717, 1.165) is 6.42 Å². The lowest BCUT2D eigenvalue weighted by Crippen LogP contribution is -2.11. The molecule has 0 heterocycles. The molecule has 1 aromatic rings. The van der Waals surface area contributed by atoms with Gasteiger partial charge in [0.05, 0.1) is 0 Å². The van der Waals surface area contributed by atoms with Gasteiger partial charge in [-0.15, -0.1) is 0 Å². The van der Waals surface area contributed by atoms with Crippen LogP contribution in [0.2, 0.25) is 0 Å². The summed E-state index contributed by atoms with van der Waals surface area (Å²) >= 11 is 0. The Balaban J connectivity index is 2.77. The van der Waals surface area contributed by atoms with Crippen molar-refractivity contribution < 1.29 is 9.59 Å². The van der Waals surface area contributed by atoms with Crippen molar-refractivity contribution in [2.24, 2.45) is 5.92 Å². The lowest BCUT2D eigenvalue weighted by atomic mass is 9.97. The van der Waals surface area contributed by atoms with E-state index in [1.807, 2.05) is 13.8 Å². The molecule has 1 amide bonds. The van der Waals surface area contributed by atoms with E-state index in [2.05, 4.69) is 11.9 Å². The molecular formula is C14H17NO2. The number of amides is 1. The van der Waals surface area contributed by atoms with Crippen LogP contribution in [0.3, 0.4) is 0 Å². The van der Waals surface area contributed by atoms with Gasteiger partial charge in [0.2, 0.25) is 5.91 Å². The number of ketones is 1. The SMILES string of the molecule is C=CC(=O)Nc1ccc(C(=O)[C@@H](C)CC)cc1. The summed E-state index contributed by atoms with van der Waals surface area (Å²) in [6.07, 6.45) is 2.03. The predicted octanol–water partition coefficient (Wildman–Crippen LogP) is 3.04. The van der Waals surface area contributed by atoms with Gasteiger partial charge in [0.15, 0.2) is 5.78 Å². The number of hydrogen-bond donors (Lipinski definition) is 1. The normalized spacial score (nSPS) is 11.6. The summed E-state index contributed by atoms with van der Waals surface area (Å²) < 4.78 is 0. The lowest BCUT2D eigenvalue weighted by molar-refractivity contribution is -0.111. The number of carbonyl (C=O) groups excluding carboxylic acids is 2. The lowest BCUT2D eigenvalue weighted by Gasteiger charge is -2.08. The molecule has 0 aliphatic carbocycles. The molecule has 0 spiro atoms. The first-order valence-corrected chi connectivity index (χ1v) is 5.66. The van der Waals surface area contributed by atoms with E-state index >= 15 is 0 Å². The molecule has 0 saturated heterocycles. The molecule has 0 aromatic heterocycles. The molecule has 0 fully saturated rings. The molecule has 0 aliphatic rings. The topological polar surface area (TPSA) is 46.2 Å². The molecule has 0 aliphatic heterocycles. The first kappa shape index (κ1) is 13.2. The number of hydrogen-bond acceptors (Lipinski definition) is 2. The maximum atomic E-state index is 11.9. The summed E-state index contributed by atoms with van der Waals surface area (Å²) in [5, 5.41) is 2.63. The summed E-state index contributed by atoms with van der Waals surface area (Å²) in [4.78, 5) is 22.9. The zero-order valence-corrected chi connectivity index (χ0v) is 10.2. The largest absolute Gasteiger partial charge is 0.323 e. The van der Waals surface area contributed by atoms with Crippen molar-refractivity contribution in [1.29, 1.82) is 0 Å². The molecule has 0 radical (unpaired) electrons. The van der Waals surface area contributed by atoms with E-state index < -0.39 is 0 Å². The van der Waals surface area contributed by atoms with E-state index in [1.54, 1.807) is 24.3 Å². The maximum Gasteiger partial charge on any atom is 0.247 e. The second-order valence-electron chi connectivity index (χ2n) is 3.94. The van der Waals surface area contributed by atoms with Crippen LogP contribution in [-0.4, -0.2) is 11.7 Å². The fraction of sp³-hybridized carbons (Fsp3) is 0.286. The smallest absolute Gasteiger partial charge is 0.247 e. The third kappa shape index (κ3) is 3.55. The summed E-state index contributed by atoms with van der Waals surface area (Å²) in [5.74, 6) is -0.0938. The van der Waals surface area contributed by atoms with Gasteiger partial charge in [-0.1, -0.05) is 20.4 Å². The molecule has 0 bridgehead atoms. The number of anilines is 1. The highest BCUT2D eigenvalue weighted by Gasteiger charge is 2.12. The van der Waals surface area contributed by atoms with Gasteiger partial charge >= 0.3 is 0 Å². The molecule has 1 aromatic carbocycles. The van der Waals surface area contributed by atoms with E-state index in [9.17, 15) is 9.59 Å². The Labute approximate surface area is 102 Å². The van der Waals surface area contributed by atoms with E-state index in [4.69, 9.17) is 0 Å². The molecule has 3 nitrogen and oxygen atoms in total. The van der Waals surface area contributed by atoms with Crippen LogP contribution >= 0.6 is 0 Å². The van der Waals surface area contributed by atoms with Crippen LogP contribution in [0.1, 0.15) is 30.6 Å². The Morgan fingerprint density at radius 3 is 2.41 bits per heavy atom. The highest BCUT2D eigenvalue weighted by Crippen LogP contribution is 2.15. The Bertz CT molecular complexity index is 420. The van der Waals surface area contributed by atoms with Gasteiger partial charge in [-0.25, -0.2) is 0 Å². The van der Waals surface area contributed by atoms with Crippen LogP contribution in [0, 0.1) is 5.92 Å². The zero-order valence-electron chi connectivity index (χ0n) is 10.2. The first-order valence-electron chi connectivity index (χ1n) is 5.66. The van der Waals surface area contributed by atoms with Gasteiger partial charge < -0.3 is 5.32 Å². The van der Waals surface area contributed by atoms with E-state index in [1.165, 1.54) is 6.08 Å². The molecule has 1 N–H and O–H groups in total. The van der Waals surface area contributed by atoms with Crippen LogP contribution < -0.4 is 5.32 Å². The second kappa shape index (κ2) is 5.99. The van der Waals surface area contributed by atoms with Crippen LogP contribution in [-0.2, 0) is 4.79 Å². The third-order valence-electron chi connectivity index (χ3n) is 2.68. The number of benzene rings is 1. The second-order valence-corrected chi connectivity index (χ2v) is 3.94. The molecule has 17 heavy (non-hydrogen) atoms. The van der Waals surface area contributed by atoms with Crippen molar-refractivity contribution in [1.82, 2.24) is 0 Å². The minimum Gasteiger partial charge on any atom is -0.323 e. The Morgan fingerprint density at radius 2 is 1.94 bits per heavy atom. The summed E-state index contributed by atoms with van der Waals surface area (Å²) in [5.41, 5.74) is 1.34. The molecule has 0 saturated carbocycles. The fourth-order valence-electron chi connectivity index (χ4n) is 1.38. The average Bonchev–Trinajstić information content (AvgIpc) is 2.37. The van der Waals surface area contributed by atoms with Crippen LogP contribution in [0.4, 0.5) is 5.69 Å². The molecule has 1 atom stereocenters. The van der Waals surface area contributed by atoms with Crippen LogP contribution in [0.25, 0.3) is 0 Å². The number of nitrogens with one attached hydrogen (secondary N) is 1. The molecule has 1 rings (SSSR count). The highest BCUT2D eigenvalue weighted by atomic mass is 16.1. The third-order valence-corrected chi connectivity index (χ3v) is 2.68. The number of rotatable bonds is 5. The van der Waals surface area contributed by atoms with Gasteiger partial charge in [-0.2, -0.15) is 0 Å². The Kier molecular flexibility index (Phi) is 4.64. The maximum absolute atomic E-state index is 11.9. The van der Waals surface area contributed by atoms with Crippen molar-refractivity contribution in [3.8, 4) is 0 Å². The van der Waals surface area contributed by atoms with Crippen molar-refractivity contribution in [3.63, 3.8) is 0 Å². The summed E-state index contributed by atoms with van der Waals surface area (Å²) in [7, 11) is 0. The van der Waals surface area contributed by atoms with Crippen molar-refractivity contribution in [2.75, 3.05) is 5.32 Å². The minimum atomic E-state index is -0.258. The van der Waals surface area contributed by atoms with Crippen molar-refractivity contribution in [3.05, 3.63) is 42.5 Å². The van der Waals surface area contributed by atoms with Gasteiger partial charge in [-0.05, 0) is 36.8 Å².